The van der Waals surface area contributed by atoms with Crippen molar-refractivity contribution in [1.82, 2.24) is 4.90 Å². The van der Waals surface area contributed by atoms with E-state index in [2.05, 4.69) is 39.0 Å². The van der Waals surface area contributed by atoms with Gasteiger partial charge in [-0.25, -0.2) is 0 Å². The lowest BCUT2D eigenvalue weighted by molar-refractivity contribution is 0.0349. The van der Waals surface area contributed by atoms with Crippen molar-refractivity contribution < 1.29 is 0 Å². The Morgan fingerprint density at radius 2 is 2.00 bits per heavy atom. The highest BCUT2D eigenvalue weighted by molar-refractivity contribution is 7.98. The minimum Gasteiger partial charge on any atom is -0.327 e. The van der Waals surface area contributed by atoms with Crippen molar-refractivity contribution in [3.63, 3.8) is 0 Å². The highest BCUT2D eigenvalue weighted by atomic mass is 32.2. The van der Waals surface area contributed by atoms with Crippen LogP contribution in [0.15, 0.2) is 0 Å². The number of nitrogens with two attached hydrogens (primary N) is 1. The first-order valence-electron chi connectivity index (χ1n) is 6.82. The van der Waals surface area contributed by atoms with E-state index in [-0.39, 0.29) is 0 Å². The molecule has 0 aromatic rings. The van der Waals surface area contributed by atoms with Gasteiger partial charge in [-0.1, -0.05) is 20.8 Å². The van der Waals surface area contributed by atoms with Crippen LogP contribution in [0.1, 0.15) is 33.6 Å². The second kappa shape index (κ2) is 6.44. The summed E-state index contributed by atoms with van der Waals surface area (Å²) in [5, 5.41) is 0. The van der Waals surface area contributed by atoms with Gasteiger partial charge in [0.2, 0.25) is 0 Å². The molecule has 0 aromatic heterocycles. The summed E-state index contributed by atoms with van der Waals surface area (Å²) in [6.45, 7) is 9.57. The quantitative estimate of drug-likeness (QED) is 0.822. The van der Waals surface area contributed by atoms with Crippen LogP contribution in [0.25, 0.3) is 0 Å². The van der Waals surface area contributed by atoms with E-state index in [0.29, 0.717) is 17.4 Å². The lowest BCUT2D eigenvalue weighted by Crippen LogP contribution is -2.49. The summed E-state index contributed by atoms with van der Waals surface area (Å²) in [6.07, 6.45) is 4.67. The minimum absolute atomic E-state index is 0.380. The van der Waals surface area contributed by atoms with Crippen LogP contribution in [0.3, 0.4) is 0 Å². The molecular weight excluding hydrogens is 228 g/mol. The van der Waals surface area contributed by atoms with Crippen LogP contribution in [0, 0.1) is 17.3 Å². The fourth-order valence-corrected chi connectivity index (χ4v) is 3.47. The van der Waals surface area contributed by atoms with Crippen molar-refractivity contribution in [3.05, 3.63) is 0 Å². The molecule has 2 N–H and O–H groups in total. The number of rotatable bonds is 5. The van der Waals surface area contributed by atoms with Gasteiger partial charge in [-0.05, 0) is 43.4 Å². The van der Waals surface area contributed by atoms with Gasteiger partial charge in [-0.15, -0.1) is 0 Å². The van der Waals surface area contributed by atoms with Crippen molar-refractivity contribution in [1.29, 1.82) is 0 Å². The summed E-state index contributed by atoms with van der Waals surface area (Å²) in [4.78, 5) is 2.49. The van der Waals surface area contributed by atoms with Crippen molar-refractivity contribution in [2.45, 2.75) is 39.7 Å². The molecule has 3 heteroatoms. The molecule has 1 aliphatic carbocycles. The molecule has 0 bridgehead atoms. The molecule has 0 aliphatic heterocycles. The first-order valence-corrected chi connectivity index (χ1v) is 8.22. The third kappa shape index (κ3) is 3.87. The minimum atomic E-state index is 0.380. The molecule has 1 fully saturated rings. The Hall–Kier alpha value is 0.270. The maximum absolute atomic E-state index is 6.21. The zero-order chi connectivity index (χ0) is 13.1. The van der Waals surface area contributed by atoms with E-state index in [1.54, 1.807) is 0 Å². The van der Waals surface area contributed by atoms with Crippen LogP contribution in [-0.2, 0) is 0 Å². The highest BCUT2D eigenvalue weighted by Gasteiger charge is 2.41. The lowest BCUT2D eigenvalue weighted by Gasteiger charge is -2.48. The van der Waals surface area contributed by atoms with E-state index in [0.717, 1.165) is 5.92 Å². The van der Waals surface area contributed by atoms with Gasteiger partial charge in [0.25, 0.3) is 0 Å². The highest BCUT2D eigenvalue weighted by Crippen LogP contribution is 2.44. The van der Waals surface area contributed by atoms with E-state index in [9.17, 15) is 0 Å². The largest absolute Gasteiger partial charge is 0.327 e. The number of hydrogen-bond donors (Lipinski definition) is 1. The second-order valence-electron chi connectivity index (χ2n) is 6.30. The molecule has 1 aliphatic rings. The maximum Gasteiger partial charge on any atom is 0.00698 e. The van der Waals surface area contributed by atoms with E-state index >= 15 is 0 Å². The van der Waals surface area contributed by atoms with Crippen molar-refractivity contribution >= 4 is 11.8 Å². The first kappa shape index (κ1) is 15.3. The van der Waals surface area contributed by atoms with Gasteiger partial charge >= 0.3 is 0 Å². The summed E-state index contributed by atoms with van der Waals surface area (Å²) >= 11 is 1.93. The van der Waals surface area contributed by atoms with Crippen LogP contribution in [0.2, 0.25) is 0 Å². The predicted octanol–water partition coefficient (Wildman–Crippen LogP) is 2.68. The van der Waals surface area contributed by atoms with Gasteiger partial charge < -0.3 is 10.6 Å². The van der Waals surface area contributed by atoms with Crippen LogP contribution in [0.5, 0.6) is 0 Å². The van der Waals surface area contributed by atoms with E-state index in [1.165, 1.54) is 31.7 Å². The van der Waals surface area contributed by atoms with Gasteiger partial charge in [-0.2, -0.15) is 11.8 Å². The molecule has 0 spiro atoms. The number of nitrogens with zero attached hydrogens (tertiary/aromatic N) is 1. The van der Waals surface area contributed by atoms with Crippen LogP contribution in [0.4, 0.5) is 0 Å². The Labute approximate surface area is 112 Å². The molecule has 0 amide bonds. The Morgan fingerprint density at radius 3 is 2.59 bits per heavy atom. The summed E-state index contributed by atoms with van der Waals surface area (Å²) < 4.78 is 0. The first-order chi connectivity index (χ1) is 7.89. The topological polar surface area (TPSA) is 29.3 Å². The van der Waals surface area contributed by atoms with Crippen LogP contribution < -0.4 is 5.73 Å². The molecule has 2 nitrogen and oxygen atoms in total. The average Bonchev–Trinajstić information content (AvgIpc) is 2.28. The monoisotopic (exact) mass is 258 g/mol. The zero-order valence-corrected chi connectivity index (χ0v) is 13.0. The van der Waals surface area contributed by atoms with Gasteiger partial charge in [0.05, 0.1) is 0 Å². The summed E-state index contributed by atoms with van der Waals surface area (Å²) in [7, 11) is 2.26. The van der Waals surface area contributed by atoms with Crippen molar-refractivity contribution in [2.24, 2.45) is 23.0 Å². The molecule has 1 saturated carbocycles. The molecule has 17 heavy (non-hydrogen) atoms. The third-order valence-electron chi connectivity index (χ3n) is 4.93. The molecule has 1 rings (SSSR count). The van der Waals surface area contributed by atoms with Crippen LogP contribution in [-0.4, -0.2) is 43.1 Å². The molecule has 102 valence electrons. The van der Waals surface area contributed by atoms with Gasteiger partial charge in [-0.3, -0.25) is 0 Å². The lowest BCUT2D eigenvalue weighted by atomic mass is 9.61. The fourth-order valence-electron chi connectivity index (χ4n) is 2.98. The normalized spacial score (nSPS) is 33.0. The molecule has 0 saturated heterocycles. The smallest absolute Gasteiger partial charge is 0.00698 e. The third-order valence-corrected chi connectivity index (χ3v) is 5.52. The van der Waals surface area contributed by atoms with Crippen LogP contribution >= 0.6 is 11.8 Å². The van der Waals surface area contributed by atoms with E-state index in [1.807, 2.05) is 11.8 Å². The molecule has 0 aromatic carbocycles. The Morgan fingerprint density at radius 1 is 1.35 bits per heavy atom. The molecular formula is C14H30N2S. The van der Waals surface area contributed by atoms with E-state index in [4.69, 9.17) is 5.73 Å². The maximum atomic E-state index is 6.21. The Balaban J connectivity index is 2.52. The van der Waals surface area contributed by atoms with Crippen molar-refractivity contribution in [2.75, 3.05) is 32.1 Å². The fraction of sp³-hybridized carbons (Fsp3) is 1.00. The SMILES string of the molecule is CSCCN(C)CC1CCC(N)C(C)C1(C)C. The summed E-state index contributed by atoms with van der Waals surface area (Å²) in [5.74, 6) is 2.66. The molecule has 3 atom stereocenters. The van der Waals surface area contributed by atoms with Gasteiger partial charge in [0.15, 0.2) is 0 Å². The summed E-state index contributed by atoms with van der Waals surface area (Å²) in [6, 6.07) is 0.401. The van der Waals surface area contributed by atoms with Gasteiger partial charge in [0, 0.05) is 24.9 Å². The van der Waals surface area contributed by atoms with Crippen molar-refractivity contribution in [3.8, 4) is 0 Å². The molecule has 3 unspecified atom stereocenters. The number of thioether (sulfide) groups is 1. The standard InChI is InChI=1S/C14H30N2S/c1-11-13(15)7-6-12(14(11,2)3)10-16(4)8-9-17-5/h11-13H,6-10,15H2,1-5H3. The van der Waals surface area contributed by atoms with E-state index < -0.39 is 0 Å². The predicted molar refractivity (Wildman–Crippen MR) is 79.5 cm³/mol. The number of hydrogen-bond acceptors (Lipinski definition) is 3. The molecule has 0 radical (unpaired) electrons. The summed E-state index contributed by atoms with van der Waals surface area (Å²) in [5.41, 5.74) is 6.59. The average molecular weight is 258 g/mol. The van der Waals surface area contributed by atoms with Gasteiger partial charge in [0.1, 0.15) is 0 Å². The molecule has 0 heterocycles. The zero-order valence-electron chi connectivity index (χ0n) is 12.2. The Kier molecular flexibility index (Phi) is 5.81. The Bertz CT molecular complexity index is 230. The second-order valence-corrected chi connectivity index (χ2v) is 7.29.